The quantitative estimate of drug-likeness (QED) is 0.640. The average molecular weight is 298 g/mol. The molecule has 0 atom stereocenters. The Hall–Kier alpha value is -1.67. The molecular weight excluding hydrogens is 276 g/mol. The van der Waals surface area contributed by atoms with E-state index < -0.39 is 10.5 Å². The number of hydrogen-bond acceptors (Lipinski definition) is 6. The first-order chi connectivity index (χ1) is 9.88. The summed E-state index contributed by atoms with van der Waals surface area (Å²) in [4.78, 5) is 12.7. The van der Waals surface area contributed by atoms with Gasteiger partial charge in [0.1, 0.15) is 5.69 Å². The summed E-state index contributed by atoms with van der Waals surface area (Å²) in [6.07, 6.45) is 1.56. The molecule has 8 heteroatoms. The first kappa shape index (κ1) is 15.7. The van der Waals surface area contributed by atoms with Crippen LogP contribution in [0.15, 0.2) is 0 Å². The summed E-state index contributed by atoms with van der Waals surface area (Å²) < 4.78 is 6.77. The van der Waals surface area contributed by atoms with Crippen LogP contribution in [-0.4, -0.2) is 52.2 Å². The Morgan fingerprint density at radius 3 is 2.67 bits per heavy atom. The van der Waals surface area contributed by atoms with Crippen molar-refractivity contribution in [3.05, 3.63) is 15.8 Å². The van der Waals surface area contributed by atoms with Crippen LogP contribution in [0.1, 0.15) is 25.5 Å². The molecule has 2 heterocycles. The molecule has 0 aromatic carbocycles. The molecule has 0 bridgehead atoms. The second-order valence-corrected chi connectivity index (χ2v) is 5.55. The lowest BCUT2D eigenvalue weighted by atomic mass is 9.94. The van der Waals surface area contributed by atoms with Crippen LogP contribution in [0.25, 0.3) is 0 Å². The largest absolute Gasteiger partial charge is 0.388 e. The van der Waals surface area contributed by atoms with Crippen LogP contribution in [0, 0.1) is 10.1 Å². The molecule has 0 unspecified atom stereocenters. The van der Waals surface area contributed by atoms with Gasteiger partial charge in [0, 0.05) is 46.7 Å². The van der Waals surface area contributed by atoms with Crippen LogP contribution in [-0.2, 0) is 18.2 Å². The zero-order valence-electron chi connectivity index (χ0n) is 12.7. The van der Waals surface area contributed by atoms with Crippen molar-refractivity contribution in [1.82, 2.24) is 9.78 Å². The fourth-order valence-corrected chi connectivity index (χ4v) is 2.84. The molecule has 0 radical (unpaired) electrons. The van der Waals surface area contributed by atoms with Crippen LogP contribution in [0.5, 0.6) is 0 Å². The molecule has 1 saturated heterocycles. The summed E-state index contributed by atoms with van der Waals surface area (Å²) in [6, 6.07) is 0. The maximum Gasteiger partial charge on any atom is 0.334 e. The van der Waals surface area contributed by atoms with E-state index in [2.05, 4.69) is 5.10 Å². The van der Waals surface area contributed by atoms with Gasteiger partial charge in [0.15, 0.2) is 0 Å². The molecule has 1 aromatic heterocycles. The van der Waals surface area contributed by atoms with Gasteiger partial charge in [-0.3, -0.25) is 10.1 Å². The highest BCUT2D eigenvalue weighted by molar-refractivity contribution is 5.61. The molecule has 118 valence electrons. The highest BCUT2D eigenvalue weighted by Gasteiger charge is 2.35. The van der Waals surface area contributed by atoms with Gasteiger partial charge in [0.25, 0.3) is 0 Å². The number of aromatic nitrogens is 2. The number of rotatable bonds is 5. The van der Waals surface area contributed by atoms with Gasteiger partial charge in [0.05, 0.1) is 10.5 Å². The van der Waals surface area contributed by atoms with Crippen LogP contribution >= 0.6 is 0 Å². The number of nitro groups is 1. The lowest BCUT2D eigenvalue weighted by Crippen LogP contribution is -2.46. The fraction of sp³-hybridized carbons (Fsp3) is 0.769. The third-order valence-corrected chi connectivity index (χ3v) is 3.90. The van der Waals surface area contributed by atoms with Crippen molar-refractivity contribution < 1.29 is 14.8 Å². The van der Waals surface area contributed by atoms with E-state index in [1.807, 2.05) is 6.92 Å². The van der Waals surface area contributed by atoms with Crippen molar-refractivity contribution in [2.45, 2.75) is 31.8 Å². The molecule has 8 nitrogen and oxygen atoms in total. The molecule has 0 saturated carbocycles. The van der Waals surface area contributed by atoms with Crippen molar-refractivity contribution in [3.63, 3.8) is 0 Å². The Labute approximate surface area is 123 Å². The zero-order valence-corrected chi connectivity index (χ0v) is 12.7. The first-order valence-corrected chi connectivity index (χ1v) is 7.09. The van der Waals surface area contributed by atoms with E-state index >= 15 is 0 Å². The number of aliphatic hydroxyl groups is 1. The van der Waals surface area contributed by atoms with Gasteiger partial charge in [-0.25, -0.2) is 4.68 Å². The molecule has 0 spiro atoms. The summed E-state index contributed by atoms with van der Waals surface area (Å²) >= 11 is 0. The summed E-state index contributed by atoms with van der Waals surface area (Å²) in [7, 11) is 3.43. The molecule has 0 amide bonds. The van der Waals surface area contributed by atoms with Crippen LogP contribution in [0.2, 0.25) is 0 Å². The molecule has 2 rings (SSSR count). The van der Waals surface area contributed by atoms with Crippen molar-refractivity contribution in [2.75, 3.05) is 31.7 Å². The van der Waals surface area contributed by atoms with Gasteiger partial charge in [0.2, 0.25) is 5.82 Å². The van der Waals surface area contributed by atoms with Gasteiger partial charge >= 0.3 is 5.69 Å². The Morgan fingerprint density at radius 2 is 2.14 bits per heavy atom. The van der Waals surface area contributed by atoms with Gasteiger partial charge in [-0.1, -0.05) is 6.92 Å². The number of nitrogens with zero attached hydrogens (tertiary/aromatic N) is 4. The standard InChI is InChI=1S/C13H22N4O4/c1-4-10-11(17(19)20)12(16(3)14-10)15(2)9-13(18)5-7-21-8-6-13/h18H,4-9H2,1-3H3. The third-order valence-electron chi connectivity index (χ3n) is 3.90. The summed E-state index contributed by atoms with van der Waals surface area (Å²) in [5.74, 6) is 0.428. The minimum Gasteiger partial charge on any atom is -0.388 e. The molecule has 1 N–H and O–H groups in total. The van der Waals surface area contributed by atoms with E-state index in [1.165, 1.54) is 4.68 Å². The van der Waals surface area contributed by atoms with E-state index in [-0.39, 0.29) is 5.69 Å². The average Bonchev–Trinajstić information content (AvgIpc) is 2.76. The van der Waals surface area contributed by atoms with Gasteiger partial charge < -0.3 is 14.7 Å². The molecule has 1 aromatic rings. The minimum absolute atomic E-state index is 0.0261. The maximum absolute atomic E-state index is 11.3. The van der Waals surface area contributed by atoms with E-state index in [0.29, 0.717) is 50.5 Å². The molecule has 1 aliphatic rings. The number of aryl methyl sites for hydroxylation is 2. The number of likely N-dealkylation sites (N-methyl/N-ethyl adjacent to an activating group) is 1. The van der Waals surface area contributed by atoms with E-state index in [0.717, 1.165) is 0 Å². The van der Waals surface area contributed by atoms with Crippen molar-refractivity contribution in [3.8, 4) is 0 Å². The fourth-order valence-electron chi connectivity index (χ4n) is 2.84. The molecular formula is C13H22N4O4. The Balaban J connectivity index is 2.28. The second-order valence-electron chi connectivity index (χ2n) is 5.55. The highest BCUT2D eigenvalue weighted by Crippen LogP contribution is 2.33. The van der Waals surface area contributed by atoms with E-state index in [4.69, 9.17) is 4.74 Å². The van der Waals surface area contributed by atoms with Crippen LogP contribution in [0.3, 0.4) is 0 Å². The van der Waals surface area contributed by atoms with Crippen molar-refractivity contribution in [1.29, 1.82) is 0 Å². The lowest BCUT2D eigenvalue weighted by Gasteiger charge is -2.35. The monoisotopic (exact) mass is 298 g/mol. The molecule has 0 aliphatic carbocycles. The maximum atomic E-state index is 11.3. The first-order valence-electron chi connectivity index (χ1n) is 7.09. The topological polar surface area (TPSA) is 93.7 Å². The van der Waals surface area contributed by atoms with Crippen molar-refractivity contribution in [2.24, 2.45) is 7.05 Å². The summed E-state index contributed by atoms with van der Waals surface area (Å²) in [5.41, 5.74) is -0.390. The van der Waals surface area contributed by atoms with Crippen LogP contribution in [0.4, 0.5) is 11.5 Å². The van der Waals surface area contributed by atoms with E-state index in [9.17, 15) is 15.2 Å². The smallest absolute Gasteiger partial charge is 0.334 e. The Kier molecular flexibility index (Phi) is 4.48. The van der Waals surface area contributed by atoms with Crippen molar-refractivity contribution >= 4 is 11.5 Å². The number of hydrogen-bond donors (Lipinski definition) is 1. The SMILES string of the molecule is CCc1nn(C)c(N(C)CC2(O)CCOCC2)c1[N+](=O)[O-]. The van der Waals surface area contributed by atoms with E-state index in [1.54, 1.807) is 19.0 Å². The Morgan fingerprint density at radius 1 is 1.52 bits per heavy atom. The summed E-state index contributed by atoms with van der Waals surface area (Å²) in [5, 5.41) is 26.1. The predicted octanol–water partition coefficient (Wildman–Crippen LogP) is 0.868. The Bertz CT molecular complexity index is 522. The molecule has 1 fully saturated rings. The second kappa shape index (κ2) is 5.98. The summed E-state index contributed by atoms with van der Waals surface area (Å²) in [6.45, 7) is 3.18. The van der Waals surface area contributed by atoms with Gasteiger partial charge in [-0.2, -0.15) is 5.10 Å². The number of ether oxygens (including phenoxy) is 1. The van der Waals surface area contributed by atoms with Crippen LogP contribution < -0.4 is 4.90 Å². The molecule has 21 heavy (non-hydrogen) atoms. The van der Waals surface area contributed by atoms with Gasteiger partial charge in [-0.15, -0.1) is 0 Å². The molecule has 1 aliphatic heterocycles. The predicted molar refractivity (Wildman–Crippen MR) is 77.5 cm³/mol. The van der Waals surface area contributed by atoms with Gasteiger partial charge in [-0.05, 0) is 6.42 Å². The lowest BCUT2D eigenvalue weighted by molar-refractivity contribution is -0.384. The highest BCUT2D eigenvalue weighted by atomic mass is 16.6. The zero-order chi connectivity index (χ0) is 15.6. The number of anilines is 1. The third kappa shape index (κ3) is 3.16. The minimum atomic E-state index is -0.877. The normalized spacial score (nSPS) is 17.7.